The number of carbonyl (C=O) groups is 1. The van der Waals surface area contributed by atoms with E-state index in [9.17, 15) is 17.6 Å². The molecule has 0 aromatic heterocycles. The summed E-state index contributed by atoms with van der Waals surface area (Å²) in [4.78, 5) is 12.3. The summed E-state index contributed by atoms with van der Waals surface area (Å²) in [6.07, 6.45) is 3.01. The van der Waals surface area contributed by atoms with Gasteiger partial charge in [-0.25, -0.2) is 12.8 Å². The first-order valence-electron chi connectivity index (χ1n) is 9.05. The van der Waals surface area contributed by atoms with Crippen LogP contribution in [-0.4, -0.2) is 31.7 Å². The summed E-state index contributed by atoms with van der Waals surface area (Å²) in [5, 5.41) is 2.78. The average molecular weight is 390 g/mol. The topological polar surface area (TPSA) is 66.5 Å². The lowest BCUT2D eigenvalue weighted by Crippen LogP contribution is -2.35. The van der Waals surface area contributed by atoms with E-state index in [1.165, 1.54) is 16.4 Å². The predicted octanol–water partition coefficient (Wildman–Crippen LogP) is 2.86. The smallest absolute Gasteiger partial charge is 0.243 e. The van der Waals surface area contributed by atoms with Crippen molar-refractivity contribution in [3.63, 3.8) is 0 Å². The molecular formula is C20H23FN2O3S. The van der Waals surface area contributed by atoms with Crippen LogP contribution < -0.4 is 5.32 Å². The van der Waals surface area contributed by atoms with E-state index in [0.29, 0.717) is 19.6 Å². The van der Waals surface area contributed by atoms with Crippen LogP contribution >= 0.6 is 0 Å². The number of hydrogen-bond acceptors (Lipinski definition) is 3. The third-order valence-electron chi connectivity index (χ3n) is 4.64. The quantitative estimate of drug-likeness (QED) is 0.825. The van der Waals surface area contributed by atoms with Gasteiger partial charge in [-0.3, -0.25) is 4.79 Å². The number of sulfonamides is 1. The zero-order chi connectivity index (χ0) is 19.3. The Morgan fingerprint density at radius 2 is 1.52 bits per heavy atom. The predicted molar refractivity (Wildman–Crippen MR) is 101 cm³/mol. The fourth-order valence-electron chi connectivity index (χ4n) is 3.08. The normalized spacial score (nSPS) is 15.4. The Hall–Kier alpha value is -2.25. The van der Waals surface area contributed by atoms with Gasteiger partial charge >= 0.3 is 0 Å². The number of carbonyl (C=O) groups excluding carboxylic acids is 1. The summed E-state index contributed by atoms with van der Waals surface area (Å²) in [5.41, 5.74) is 1.55. The molecule has 1 aliphatic rings. The summed E-state index contributed by atoms with van der Waals surface area (Å²) in [7, 11) is -3.45. The van der Waals surface area contributed by atoms with E-state index in [4.69, 9.17) is 0 Å². The average Bonchev–Trinajstić information content (AvgIpc) is 2.69. The standard InChI is InChI=1S/C20H23FN2O3S/c21-18-8-4-17(5-9-18)15-22-20(24)14-16-6-10-19(11-7-16)27(25,26)23-12-2-1-3-13-23/h4-11H,1-3,12-15H2,(H,22,24). The summed E-state index contributed by atoms with van der Waals surface area (Å²) in [6.45, 7) is 1.45. The van der Waals surface area contributed by atoms with Crippen LogP contribution in [0.4, 0.5) is 4.39 Å². The van der Waals surface area contributed by atoms with Gasteiger partial charge in [0.25, 0.3) is 0 Å². The summed E-state index contributed by atoms with van der Waals surface area (Å²) >= 11 is 0. The molecule has 0 atom stereocenters. The number of halogens is 1. The van der Waals surface area contributed by atoms with Crippen LogP contribution in [0.2, 0.25) is 0 Å². The van der Waals surface area contributed by atoms with Gasteiger partial charge in [0, 0.05) is 19.6 Å². The number of piperidine rings is 1. The molecule has 1 heterocycles. The fourth-order valence-corrected chi connectivity index (χ4v) is 4.60. The minimum atomic E-state index is -3.45. The van der Waals surface area contributed by atoms with Crippen LogP contribution in [-0.2, 0) is 27.8 Å². The number of benzene rings is 2. The van der Waals surface area contributed by atoms with E-state index in [2.05, 4.69) is 5.32 Å². The maximum atomic E-state index is 12.9. The van der Waals surface area contributed by atoms with Crippen molar-refractivity contribution >= 4 is 15.9 Å². The molecule has 0 bridgehead atoms. The van der Waals surface area contributed by atoms with Crippen molar-refractivity contribution in [3.8, 4) is 0 Å². The zero-order valence-corrected chi connectivity index (χ0v) is 15.8. The number of hydrogen-bond donors (Lipinski definition) is 1. The van der Waals surface area contributed by atoms with Crippen LogP contribution in [0.15, 0.2) is 53.4 Å². The van der Waals surface area contributed by atoms with Crippen LogP contribution in [0, 0.1) is 5.82 Å². The highest BCUT2D eigenvalue weighted by Crippen LogP contribution is 2.21. The Balaban J connectivity index is 1.56. The third-order valence-corrected chi connectivity index (χ3v) is 6.56. The highest BCUT2D eigenvalue weighted by molar-refractivity contribution is 7.89. The van der Waals surface area contributed by atoms with Gasteiger partial charge in [-0.05, 0) is 48.2 Å². The molecule has 3 rings (SSSR count). The molecule has 7 heteroatoms. The van der Waals surface area contributed by atoms with E-state index in [1.807, 2.05) is 0 Å². The van der Waals surface area contributed by atoms with Crippen molar-refractivity contribution in [2.75, 3.05) is 13.1 Å². The van der Waals surface area contributed by atoms with Gasteiger partial charge < -0.3 is 5.32 Å². The van der Waals surface area contributed by atoms with E-state index in [-0.39, 0.29) is 23.0 Å². The van der Waals surface area contributed by atoms with Gasteiger partial charge in [0.1, 0.15) is 5.82 Å². The zero-order valence-electron chi connectivity index (χ0n) is 15.0. The van der Waals surface area contributed by atoms with E-state index in [1.54, 1.807) is 36.4 Å². The van der Waals surface area contributed by atoms with Gasteiger partial charge in [0.2, 0.25) is 15.9 Å². The fraction of sp³-hybridized carbons (Fsp3) is 0.350. The van der Waals surface area contributed by atoms with Gasteiger partial charge in [-0.2, -0.15) is 4.31 Å². The molecule has 144 valence electrons. The maximum Gasteiger partial charge on any atom is 0.243 e. The summed E-state index contributed by atoms with van der Waals surface area (Å²) < 4.78 is 39.7. The first-order chi connectivity index (χ1) is 12.9. The number of nitrogens with zero attached hydrogens (tertiary/aromatic N) is 1. The number of nitrogens with one attached hydrogen (secondary N) is 1. The molecule has 0 spiro atoms. The second-order valence-corrected chi connectivity index (χ2v) is 8.63. The minimum absolute atomic E-state index is 0.158. The summed E-state index contributed by atoms with van der Waals surface area (Å²) in [6, 6.07) is 12.4. The second-order valence-electron chi connectivity index (χ2n) is 6.69. The molecule has 0 saturated carbocycles. The van der Waals surface area contributed by atoms with Crippen LogP contribution in [0.1, 0.15) is 30.4 Å². The van der Waals surface area contributed by atoms with E-state index < -0.39 is 10.0 Å². The molecule has 5 nitrogen and oxygen atoms in total. The highest BCUT2D eigenvalue weighted by atomic mass is 32.2. The SMILES string of the molecule is O=C(Cc1ccc(S(=O)(=O)N2CCCCC2)cc1)NCc1ccc(F)cc1. The monoisotopic (exact) mass is 390 g/mol. The first kappa shape index (κ1) is 19.5. The van der Waals surface area contributed by atoms with Gasteiger partial charge in [-0.1, -0.05) is 30.7 Å². The van der Waals surface area contributed by atoms with Crippen molar-refractivity contribution in [1.82, 2.24) is 9.62 Å². The lowest BCUT2D eigenvalue weighted by atomic mass is 10.1. The lowest BCUT2D eigenvalue weighted by molar-refractivity contribution is -0.120. The molecule has 1 saturated heterocycles. The van der Waals surface area contributed by atoms with Crippen molar-refractivity contribution in [3.05, 3.63) is 65.5 Å². The van der Waals surface area contributed by atoms with Crippen LogP contribution in [0.5, 0.6) is 0 Å². The molecular weight excluding hydrogens is 367 g/mol. The summed E-state index contributed by atoms with van der Waals surface area (Å²) in [5.74, 6) is -0.490. The van der Waals surface area contributed by atoms with Crippen molar-refractivity contribution in [2.45, 2.75) is 37.1 Å². The van der Waals surface area contributed by atoms with Crippen molar-refractivity contribution < 1.29 is 17.6 Å². The minimum Gasteiger partial charge on any atom is -0.352 e. The molecule has 1 amide bonds. The van der Waals surface area contributed by atoms with Gasteiger partial charge in [0.05, 0.1) is 11.3 Å². The maximum absolute atomic E-state index is 12.9. The number of rotatable bonds is 6. The second kappa shape index (κ2) is 8.63. The van der Waals surface area contributed by atoms with Gasteiger partial charge in [0.15, 0.2) is 0 Å². The van der Waals surface area contributed by atoms with Crippen molar-refractivity contribution in [1.29, 1.82) is 0 Å². The number of amides is 1. The Labute approximate surface area is 159 Å². The Morgan fingerprint density at radius 1 is 0.926 bits per heavy atom. The first-order valence-corrected chi connectivity index (χ1v) is 10.5. The molecule has 0 unspecified atom stereocenters. The molecule has 2 aromatic rings. The molecule has 27 heavy (non-hydrogen) atoms. The van der Waals surface area contributed by atoms with Gasteiger partial charge in [-0.15, -0.1) is 0 Å². The van der Waals surface area contributed by atoms with E-state index in [0.717, 1.165) is 30.4 Å². The molecule has 1 N–H and O–H groups in total. The Morgan fingerprint density at radius 3 is 2.15 bits per heavy atom. The Bertz CT molecular complexity index is 874. The molecule has 2 aromatic carbocycles. The van der Waals surface area contributed by atoms with Crippen LogP contribution in [0.3, 0.4) is 0 Å². The van der Waals surface area contributed by atoms with Crippen LogP contribution in [0.25, 0.3) is 0 Å². The highest BCUT2D eigenvalue weighted by Gasteiger charge is 2.25. The molecule has 0 aliphatic carbocycles. The molecule has 1 fully saturated rings. The molecule has 0 radical (unpaired) electrons. The largest absolute Gasteiger partial charge is 0.352 e. The third kappa shape index (κ3) is 5.14. The van der Waals surface area contributed by atoms with Crippen molar-refractivity contribution in [2.24, 2.45) is 0 Å². The van der Waals surface area contributed by atoms with E-state index >= 15 is 0 Å². The molecule has 1 aliphatic heterocycles. The lowest BCUT2D eigenvalue weighted by Gasteiger charge is -2.25. The Kier molecular flexibility index (Phi) is 6.23.